The van der Waals surface area contributed by atoms with Crippen LogP contribution in [0.15, 0.2) is 51.7 Å². The van der Waals surface area contributed by atoms with E-state index in [1.807, 2.05) is 38.1 Å². The van der Waals surface area contributed by atoms with Gasteiger partial charge in [0.25, 0.3) is 5.91 Å². The van der Waals surface area contributed by atoms with E-state index in [0.717, 1.165) is 16.1 Å². The van der Waals surface area contributed by atoms with E-state index in [-0.39, 0.29) is 11.2 Å². The number of nitrogens with zero attached hydrogens (tertiary/aromatic N) is 2. The Morgan fingerprint density at radius 2 is 1.78 bits per heavy atom. The van der Waals surface area contributed by atoms with Gasteiger partial charge in [0, 0.05) is 10.9 Å². The second-order valence-electron chi connectivity index (χ2n) is 7.53. The van der Waals surface area contributed by atoms with Crippen LogP contribution in [0.5, 0.6) is 11.5 Å². The van der Waals surface area contributed by atoms with Crippen LogP contribution < -0.4 is 19.8 Å². The van der Waals surface area contributed by atoms with E-state index in [1.54, 1.807) is 30.2 Å². The van der Waals surface area contributed by atoms with Gasteiger partial charge in [0.15, 0.2) is 10.6 Å². The van der Waals surface area contributed by atoms with Gasteiger partial charge >= 0.3 is 0 Å². The normalized spacial score (nSPS) is 15.3. The molecule has 0 radical (unpaired) electrons. The van der Waals surface area contributed by atoms with Crippen molar-refractivity contribution in [1.82, 2.24) is 4.98 Å². The first-order chi connectivity index (χ1) is 15.4. The molecule has 162 valence electrons. The van der Waals surface area contributed by atoms with Gasteiger partial charge in [0.2, 0.25) is 5.76 Å². The Hall–Kier alpha value is -3.65. The zero-order valence-corrected chi connectivity index (χ0v) is 18.8. The molecule has 2 aromatic heterocycles. The van der Waals surface area contributed by atoms with Gasteiger partial charge in [-0.1, -0.05) is 12.1 Å². The Balaban J connectivity index is 1.81. The number of methoxy groups -OCH3 is 2. The van der Waals surface area contributed by atoms with E-state index >= 15 is 0 Å². The molecule has 1 atom stereocenters. The van der Waals surface area contributed by atoms with Gasteiger partial charge < -0.3 is 13.9 Å². The second kappa shape index (κ2) is 7.49. The quantitative estimate of drug-likeness (QED) is 0.453. The highest BCUT2D eigenvalue weighted by atomic mass is 32.1. The van der Waals surface area contributed by atoms with Gasteiger partial charge in [-0.25, -0.2) is 4.98 Å². The third-order valence-electron chi connectivity index (χ3n) is 5.71. The van der Waals surface area contributed by atoms with Crippen LogP contribution >= 0.6 is 11.3 Å². The standard InChI is InChI=1S/C24H20N2O5S/c1-12-13(2)32-24(25-12)26-20(14-6-5-7-15(10-14)29-3)19-21(27)17-9-8-16(30-4)11-18(17)31-22(19)23(26)28/h5-11,20H,1-4H3. The van der Waals surface area contributed by atoms with E-state index in [1.165, 1.54) is 18.4 Å². The van der Waals surface area contributed by atoms with Gasteiger partial charge in [-0.15, -0.1) is 11.3 Å². The topological polar surface area (TPSA) is 81.9 Å². The third-order valence-corrected chi connectivity index (χ3v) is 6.78. The Bertz CT molecular complexity index is 1420. The van der Waals surface area contributed by atoms with Crippen LogP contribution in [0.4, 0.5) is 5.13 Å². The maximum atomic E-state index is 13.6. The monoisotopic (exact) mass is 448 g/mol. The lowest BCUT2D eigenvalue weighted by atomic mass is 9.98. The summed E-state index contributed by atoms with van der Waals surface area (Å²) in [6.45, 7) is 3.85. The van der Waals surface area contributed by atoms with Crippen molar-refractivity contribution in [3.8, 4) is 11.5 Å². The molecule has 5 rings (SSSR count). The molecule has 0 saturated heterocycles. The number of ether oxygens (including phenoxy) is 2. The number of anilines is 1. The van der Waals surface area contributed by atoms with Crippen LogP contribution in [0, 0.1) is 13.8 Å². The van der Waals surface area contributed by atoms with Gasteiger partial charge in [0.1, 0.15) is 17.1 Å². The predicted molar refractivity (Wildman–Crippen MR) is 122 cm³/mol. The summed E-state index contributed by atoms with van der Waals surface area (Å²) in [5, 5.41) is 0.906. The van der Waals surface area contributed by atoms with Crippen LogP contribution in [-0.2, 0) is 0 Å². The SMILES string of the molecule is COc1cccc(C2c3c(oc4cc(OC)ccc4c3=O)C(=O)N2c2nc(C)c(C)s2)c1. The van der Waals surface area contributed by atoms with E-state index < -0.39 is 11.9 Å². The number of carbonyl (C=O) groups is 1. The molecule has 1 unspecified atom stereocenters. The average molecular weight is 449 g/mol. The van der Waals surface area contributed by atoms with Crippen LogP contribution in [0.1, 0.15) is 38.3 Å². The minimum absolute atomic E-state index is 0.0223. The molecule has 32 heavy (non-hydrogen) atoms. The molecule has 1 amide bonds. The molecule has 4 aromatic rings. The molecule has 7 nitrogen and oxygen atoms in total. The summed E-state index contributed by atoms with van der Waals surface area (Å²) in [6, 6.07) is 11.6. The lowest BCUT2D eigenvalue weighted by molar-refractivity contribution is 0.0971. The maximum absolute atomic E-state index is 13.6. The molecule has 8 heteroatoms. The first-order valence-corrected chi connectivity index (χ1v) is 10.8. The van der Waals surface area contributed by atoms with Crippen molar-refractivity contribution in [2.24, 2.45) is 0 Å². The van der Waals surface area contributed by atoms with Crippen molar-refractivity contribution in [1.29, 1.82) is 0 Å². The lowest BCUT2D eigenvalue weighted by Crippen LogP contribution is -2.29. The maximum Gasteiger partial charge on any atom is 0.297 e. The van der Waals surface area contributed by atoms with Crippen molar-refractivity contribution in [2.45, 2.75) is 19.9 Å². The van der Waals surface area contributed by atoms with E-state index in [4.69, 9.17) is 13.9 Å². The first-order valence-electron chi connectivity index (χ1n) is 9.99. The number of amides is 1. The second-order valence-corrected chi connectivity index (χ2v) is 8.71. The molecule has 0 fully saturated rings. The zero-order chi connectivity index (χ0) is 22.6. The number of benzene rings is 2. The Labute approximate surface area is 187 Å². The zero-order valence-electron chi connectivity index (χ0n) is 18.0. The fourth-order valence-corrected chi connectivity index (χ4v) is 4.90. The number of hydrogen-bond acceptors (Lipinski definition) is 7. The van der Waals surface area contributed by atoms with Crippen LogP contribution in [0.25, 0.3) is 11.0 Å². The Morgan fingerprint density at radius 3 is 2.47 bits per heavy atom. The molecule has 1 aliphatic rings. The fraction of sp³-hybridized carbons (Fsp3) is 0.208. The van der Waals surface area contributed by atoms with Crippen LogP contribution in [0.2, 0.25) is 0 Å². The summed E-state index contributed by atoms with van der Waals surface area (Å²) in [5.74, 6) is 0.792. The highest BCUT2D eigenvalue weighted by Gasteiger charge is 2.45. The molecule has 0 spiro atoms. The summed E-state index contributed by atoms with van der Waals surface area (Å²) >= 11 is 1.41. The van der Waals surface area contributed by atoms with Gasteiger partial charge in [-0.2, -0.15) is 0 Å². The van der Waals surface area contributed by atoms with Crippen molar-refractivity contribution >= 4 is 33.3 Å². The smallest absolute Gasteiger partial charge is 0.297 e. The number of carbonyl (C=O) groups excluding carboxylic acids is 1. The summed E-state index contributed by atoms with van der Waals surface area (Å²) in [7, 11) is 3.11. The van der Waals surface area contributed by atoms with Gasteiger partial charge in [-0.05, 0) is 43.7 Å². The van der Waals surface area contributed by atoms with E-state index in [0.29, 0.717) is 33.2 Å². The summed E-state index contributed by atoms with van der Waals surface area (Å²) in [4.78, 5) is 34.4. The highest BCUT2D eigenvalue weighted by molar-refractivity contribution is 7.15. The first kappa shape index (κ1) is 20.3. The minimum atomic E-state index is -0.680. The number of fused-ring (bicyclic) bond motifs is 2. The highest BCUT2D eigenvalue weighted by Crippen LogP contribution is 2.43. The fourth-order valence-electron chi connectivity index (χ4n) is 3.96. The van der Waals surface area contributed by atoms with Crippen molar-refractivity contribution in [3.05, 3.63) is 80.1 Å². The molecule has 1 aliphatic heterocycles. The number of hydrogen-bond donors (Lipinski definition) is 0. The van der Waals surface area contributed by atoms with Crippen molar-refractivity contribution in [3.63, 3.8) is 0 Å². The summed E-state index contributed by atoms with van der Waals surface area (Å²) < 4.78 is 16.6. The number of rotatable bonds is 4. The van der Waals surface area contributed by atoms with Crippen LogP contribution in [-0.4, -0.2) is 25.1 Å². The predicted octanol–water partition coefficient (Wildman–Crippen LogP) is 4.63. The van der Waals surface area contributed by atoms with Crippen molar-refractivity contribution in [2.75, 3.05) is 19.1 Å². The van der Waals surface area contributed by atoms with Gasteiger partial charge in [0.05, 0.1) is 36.9 Å². The summed E-state index contributed by atoms with van der Waals surface area (Å²) in [6.07, 6.45) is 0. The molecular weight excluding hydrogens is 428 g/mol. The Kier molecular flexibility index (Phi) is 4.74. The average Bonchev–Trinajstić information content (AvgIpc) is 3.29. The molecule has 0 aliphatic carbocycles. The minimum Gasteiger partial charge on any atom is -0.497 e. The van der Waals surface area contributed by atoms with E-state index in [2.05, 4.69) is 4.98 Å². The molecule has 3 heterocycles. The molecule has 2 aromatic carbocycles. The number of aryl methyl sites for hydroxylation is 2. The lowest BCUT2D eigenvalue weighted by Gasteiger charge is -2.22. The third kappa shape index (κ3) is 2.98. The largest absolute Gasteiger partial charge is 0.497 e. The van der Waals surface area contributed by atoms with Crippen LogP contribution in [0.3, 0.4) is 0 Å². The summed E-state index contributed by atoms with van der Waals surface area (Å²) in [5.41, 5.74) is 1.93. The van der Waals surface area contributed by atoms with Gasteiger partial charge in [-0.3, -0.25) is 14.5 Å². The molecule has 0 saturated carbocycles. The van der Waals surface area contributed by atoms with E-state index in [9.17, 15) is 9.59 Å². The molecule has 0 bridgehead atoms. The van der Waals surface area contributed by atoms with Crippen molar-refractivity contribution < 1.29 is 18.7 Å². The number of thiazole rings is 1. The molecule has 0 N–H and O–H groups in total. The molecular formula is C24H20N2O5S. The number of aromatic nitrogens is 1. The Morgan fingerprint density at radius 1 is 1.03 bits per heavy atom.